The summed E-state index contributed by atoms with van der Waals surface area (Å²) in [5.41, 5.74) is 3.32. The summed E-state index contributed by atoms with van der Waals surface area (Å²) >= 11 is 0. The average molecular weight is 217 g/mol. The molecule has 16 heavy (non-hydrogen) atoms. The van der Waals surface area contributed by atoms with Gasteiger partial charge < -0.3 is 10.1 Å². The van der Waals surface area contributed by atoms with E-state index in [0.29, 0.717) is 0 Å². The predicted octanol–water partition coefficient (Wildman–Crippen LogP) is 2.27. The van der Waals surface area contributed by atoms with E-state index in [1.807, 2.05) is 13.8 Å². The number of hydrogen-bond acceptors (Lipinski definition) is 2. The lowest BCUT2D eigenvalue weighted by Gasteiger charge is -2.08. The van der Waals surface area contributed by atoms with Gasteiger partial charge in [0.05, 0.1) is 13.7 Å². The molecule has 0 saturated carbocycles. The van der Waals surface area contributed by atoms with E-state index in [-0.39, 0.29) is 0 Å². The van der Waals surface area contributed by atoms with Gasteiger partial charge in [-0.2, -0.15) is 0 Å². The van der Waals surface area contributed by atoms with Gasteiger partial charge in [-0.1, -0.05) is 18.8 Å². The predicted molar refractivity (Wildman–Crippen MR) is 67.9 cm³/mol. The van der Waals surface area contributed by atoms with E-state index in [1.54, 1.807) is 7.11 Å². The fourth-order valence-electron chi connectivity index (χ4n) is 1.68. The molecule has 0 aliphatic carbocycles. The summed E-state index contributed by atoms with van der Waals surface area (Å²) in [5, 5.41) is 3.17. The number of benzene rings is 1. The molecule has 0 aliphatic rings. The minimum absolute atomic E-state index is 0.737. The second-order valence-corrected chi connectivity index (χ2v) is 3.73. The number of ether oxygens (including phenoxy) is 1. The van der Waals surface area contributed by atoms with Crippen LogP contribution in [0.2, 0.25) is 0 Å². The lowest BCUT2D eigenvalue weighted by atomic mass is 10.1. The highest BCUT2D eigenvalue weighted by Crippen LogP contribution is 2.23. The number of nitrogens with one attached hydrogen (secondary N) is 1. The van der Waals surface area contributed by atoms with Gasteiger partial charge in [-0.15, -0.1) is 0 Å². The molecule has 0 amide bonds. The van der Waals surface area contributed by atoms with Crippen LogP contribution in [0.25, 0.3) is 0 Å². The summed E-state index contributed by atoms with van der Waals surface area (Å²) in [6.07, 6.45) is 0. The van der Waals surface area contributed by atoms with E-state index >= 15 is 0 Å². The Morgan fingerprint density at radius 1 is 1.25 bits per heavy atom. The van der Waals surface area contributed by atoms with Gasteiger partial charge in [-0.05, 0) is 43.7 Å². The fraction of sp³-hybridized carbons (Fsp3) is 0.429. The zero-order chi connectivity index (χ0) is 12.0. The van der Waals surface area contributed by atoms with Crippen molar-refractivity contribution in [2.75, 3.05) is 20.2 Å². The molecule has 0 saturated heterocycles. The Morgan fingerprint density at radius 3 is 2.38 bits per heavy atom. The Kier molecular flexibility index (Phi) is 4.88. The van der Waals surface area contributed by atoms with Gasteiger partial charge in [0, 0.05) is 5.56 Å². The van der Waals surface area contributed by atoms with Crippen molar-refractivity contribution in [2.24, 2.45) is 0 Å². The third kappa shape index (κ3) is 3.29. The first-order valence-electron chi connectivity index (χ1n) is 5.53. The van der Waals surface area contributed by atoms with Crippen LogP contribution in [-0.2, 0) is 0 Å². The van der Waals surface area contributed by atoms with Crippen LogP contribution in [0.3, 0.4) is 0 Å². The topological polar surface area (TPSA) is 21.3 Å². The van der Waals surface area contributed by atoms with Crippen LogP contribution in [0.4, 0.5) is 0 Å². The molecule has 0 atom stereocenters. The zero-order valence-corrected chi connectivity index (χ0v) is 10.5. The first kappa shape index (κ1) is 12.6. The molecule has 1 rings (SSSR count). The van der Waals surface area contributed by atoms with Gasteiger partial charge in [0.2, 0.25) is 0 Å². The normalized spacial score (nSPS) is 9.50. The molecule has 0 bridgehead atoms. The van der Waals surface area contributed by atoms with Gasteiger partial charge in [-0.25, -0.2) is 0 Å². The smallest absolute Gasteiger partial charge is 0.124 e. The quantitative estimate of drug-likeness (QED) is 0.619. The fourth-order valence-corrected chi connectivity index (χ4v) is 1.68. The molecule has 0 fully saturated rings. The minimum atomic E-state index is 0.737. The average Bonchev–Trinajstić information content (AvgIpc) is 2.24. The SMILES string of the molecule is CCNCC#Cc1cc(C)c(OC)c(C)c1. The molecule has 2 heteroatoms. The van der Waals surface area contributed by atoms with Crippen molar-refractivity contribution in [3.63, 3.8) is 0 Å². The third-order valence-electron chi connectivity index (χ3n) is 2.36. The second kappa shape index (κ2) is 6.19. The summed E-state index contributed by atoms with van der Waals surface area (Å²) < 4.78 is 5.31. The molecule has 1 aromatic rings. The lowest BCUT2D eigenvalue weighted by molar-refractivity contribution is 0.408. The third-order valence-corrected chi connectivity index (χ3v) is 2.36. The van der Waals surface area contributed by atoms with E-state index in [9.17, 15) is 0 Å². The van der Waals surface area contributed by atoms with E-state index in [2.05, 4.69) is 36.2 Å². The van der Waals surface area contributed by atoms with E-state index in [0.717, 1.165) is 35.5 Å². The lowest BCUT2D eigenvalue weighted by Crippen LogP contribution is -2.11. The Hall–Kier alpha value is -1.46. The van der Waals surface area contributed by atoms with E-state index in [4.69, 9.17) is 4.74 Å². The number of rotatable bonds is 3. The summed E-state index contributed by atoms with van der Waals surface area (Å²) in [7, 11) is 1.70. The van der Waals surface area contributed by atoms with E-state index < -0.39 is 0 Å². The summed E-state index contributed by atoms with van der Waals surface area (Å²) in [6, 6.07) is 4.12. The van der Waals surface area contributed by atoms with Crippen LogP contribution < -0.4 is 10.1 Å². The largest absolute Gasteiger partial charge is 0.496 e. The molecule has 1 N–H and O–H groups in total. The molecule has 1 aromatic carbocycles. The molecule has 0 unspecified atom stereocenters. The Labute approximate surface area is 98.0 Å². The van der Waals surface area contributed by atoms with Crippen molar-refractivity contribution in [3.8, 4) is 17.6 Å². The number of aryl methyl sites for hydroxylation is 2. The van der Waals surface area contributed by atoms with Crippen LogP contribution >= 0.6 is 0 Å². The number of hydrogen-bond donors (Lipinski definition) is 1. The van der Waals surface area contributed by atoms with Crippen LogP contribution in [0.1, 0.15) is 23.6 Å². The summed E-state index contributed by atoms with van der Waals surface area (Å²) in [6.45, 7) is 7.85. The molecule has 0 spiro atoms. The molecule has 0 radical (unpaired) electrons. The van der Waals surface area contributed by atoms with Gasteiger partial charge >= 0.3 is 0 Å². The standard InChI is InChI=1S/C14H19NO/c1-5-15-8-6-7-13-9-11(2)14(16-4)12(3)10-13/h9-10,15H,5,8H2,1-4H3. The van der Waals surface area contributed by atoms with Crippen molar-refractivity contribution in [3.05, 3.63) is 28.8 Å². The maximum atomic E-state index is 5.31. The van der Waals surface area contributed by atoms with Crippen LogP contribution in [0.5, 0.6) is 5.75 Å². The van der Waals surface area contributed by atoms with Gasteiger partial charge in [0.15, 0.2) is 0 Å². The molecular weight excluding hydrogens is 198 g/mol. The molecule has 0 aromatic heterocycles. The first-order chi connectivity index (χ1) is 7.69. The molecule has 2 nitrogen and oxygen atoms in total. The minimum Gasteiger partial charge on any atom is -0.496 e. The van der Waals surface area contributed by atoms with Gasteiger partial charge in [0.1, 0.15) is 5.75 Å². The monoisotopic (exact) mass is 217 g/mol. The van der Waals surface area contributed by atoms with Crippen LogP contribution in [-0.4, -0.2) is 20.2 Å². The summed E-state index contributed by atoms with van der Waals surface area (Å²) in [5.74, 6) is 7.19. The van der Waals surface area contributed by atoms with Crippen molar-refractivity contribution >= 4 is 0 Å². The Morgan fingerprint density at radius 2 is 1.88 bits per heavy atom. The number of methoxy groups -OCH3 is 1. The van der Waals surface area contributed by atoms with E-state index in [1.165, 1.54) is 0 Å². The first-order valence-corrected chi connectivity index (χ1v) is 5.53. The maximum absolute atomic E-state index is 5.31. The molecule has 0 aliphatic heterocycles. The summed E-state index contributed by atoms with van der Waals surface area (Å²) in [4.78, 5) is 0. The highest BCUT2D eigenvalue weighted by atomic mass is 16.5. The Balaban J connectivity index is 2.86. The van der Waals surface area contributed by atoms with Gasteiger partial charge in [0.25, 0.3) is 0 Å². The van der Waals surface area contributed by atoms with Crippen molar-refractivity contribution in [1.29, 1.82) is 0 Å². The van der Waals surface area contributed by atoms with Gasteiger partial charge in [-0.3, -0.25) is 0 Å². The molecule has 0 heterocycles. The van der Waals surface area contributed by atoms with Crippen LogP contribution in [0, 0.1) is 25.7 Å². The molecular formula is C14H19NO. The van der Waals surface area contributed by atoms with Crippen molar-refractivity contribution in [1.82, 2.24) is 5.32 Å². The van der Waals surface area contributed by atoms with Crippen molar-refractivity contribution in [2.45, 2.75) is 20.8 Å². The highest BCUT2D eigenvalue weighted by molar-refractivity contribution is 5.48. The zero-order valence-electron chi connectivity index (χ0n) is 10.5. The second-order valence-electron chi connectivity index (χ2n) is 3.73. The maximum Gasteiger partial charge on any atom is 0.124 e. The Bertz CT molecular complexity index is 389. The van der Waals surface area contributed by atoms with Crippen molar-refractivity contribution < 1.29 is 4.74 Å². The molecule has 86 valence electrons. The van der Waals surface area contributed by atoms with Crippen LogP contribution in [0.15, 0.2) is 12.1 Å². The highest BCUT2D eigenvalue weighted by Gasteiger charge is 2.03.